The van der Waals surface area contributed by atoms with E-state index in [0.29, 0.717) is 0 Å². The molecule has 0 unspecified atom stereocenters. The van der Waals surface area contributed by atoms with Crippen LogP contribution in [0.5, 0.6) is 0 Å². The SMILES string of the molecule is CN=C(NCCCc1ccc(Cl)cc1)NCCc1ccccn1.I. The van der Waals surface area contributed by atoms with Crippen molar-refractivity contribution in [1.29, 1.82) is 0 Å². The van der Waals surface area contributed by atoms with E-state index in [9.17, 15) is 0 Å². The third-order valence-corrected chi connectivity index (χ3v) is 3.72. The minimum absolute atomic E-state index is 0. The molecule has 0 aliphatic rings. The second kappa shape index (κ2) is 12.1. The zero-order valence-corrected chi connectivity index (χ0v) is 16.9. The molecule has 1 aromatic carbocycles. The van der Waals surface area contributed by atoms with Gasteiger partial charge in [0.2, 0.25) is 0 Å². The number of hydrogen-bond acceptors (Lipinski definition) is 2. The maximum atomic E-state index is 5.89. The normalized spacial score (nSPS) is 10.8. The van der Waals surface area contributed by atoms with Crippen molar-refractivity contribution in [2.24, 2.45) is 4.99 Å². The van der Waals surface area contributed by atoms with Crippen LogP contribution >= 0.6 is 35.6 Å². The van der Waals surface area contributed by atoms with E-state index in [0.717, 1.165) is 49.0 Å². The first-order valence-electron chi connectivity index (χ1n) is 7.87. The van der Waals surface area contributed by atoms with Gasteiger partial charge in [0.25, 0.3) is 0 Å². The Morgan fingerprint density at radius 3 is 2.46 bits per heavy atom. The molecule has 0 radical (unpaired) electrons. The van der Waals surface area contributed by atoms with Gasteiger partial charge in [-0.05, 0) is 42.7 Å². The lowest BCUT2D eigenvalue weighted by molar-refractivity contribution is 0.736. The van der Waals surface area contributed by atoms with Gasteiger partial charge < -0.3 is 10.6 Å². The molecule has 130 valence electrons. The monoisotopic (exact) mass is 458 g/mol. The molecule has 0 amide bonds. The second-order valence-corrected chi connectivity index (χ2v) is 5.66. The maximum Gasteiger partial charge on any atom is 0.190 e. The van der Waals surface area contributed by atoms with Crippen molar-refractivity contribution in [3.05, 3.63) is 64.9 Å². The Morgan fingerprint density at radius 2 is 1.79 bits per heavy atom. The van der Waals surface area contributed by atoms with Gasteiger partial charge >= 0.3 is 0 Å². The molecule has 1 heterocycles. The quantitative estimate of drug-likeness (QED) is 0.288. The van der Waals surface area contributed by atoms with Crippen LogP contribution in [-0.4, -0.2) is 31.1 Å². The third kappa shape index (κ3) is 7.97. The summed E-state index contributed by atoms with van der Waals surface area (Å²) in [7, 11) is 1.79. The first kappa shape index (κ1) is 20.7. The van der Waals surface area contributed by atoms with Crippen LogP contribution in [0.4, 0.5) is 0 Å². The zero-order valence-electron chi connectivity index (χ0n) is 13.8. The molecule has 2 N–H and O–H groups in total. The number of aromatic nitrogens is 1. The van der Waals surface area contributed by atoms with Gasteiger partial charge in [-0.2, -0.15) is 0 Å². The van der Waals surface area contributed by atoms with Gasteiger partial charge in [-0.3, -0.25) is 9.98 Å². The average Bonchev–Trinajstić information content (AvgIpc) is 2.59. The molecule has 2 rings (SSSR count). The zero-order chi connectivity index (χ0) is 16.3. The molecule has 0 spiro atoms. The van der Waals surface area contributed by atoms with Crippen molar-refractivity contribution in [2.75, 3.05) is 20.1 Å². The van der Waals surface area contributed by atoms with Crippen molar-refractivity contribution in [2.45, 2.75) is 19.3 Å². The van der Waals surface area contributed by atoms with Gasteiger partial charge in [0.05, 0.1) is 0 Å². The average molecular weight is 459 g/mol. The van der Waals surface area contributed by atoms with E-state index in [2.05, 4.69) is 32.7 Å². The standard InChI is InChI=1S/C18H23ClN4.HI/c1-20-18(23-14-11-17-6-2-3-12-21-17)22-13-4-5-15-7-9-16(19)10-8-15;/h2-3,6-10,12H,4-5,11,13-14H2,1H3,(H2,20,22,23);1H. The van der Waals surface area contributed by atoms with E-state index in [1.807, 2.05) is 36.5 Å². The fraction of sp³-hybridized carbons (Fsp3) is 0.333. The molecule has 0 saturated heterocycles. The summed E-state index contributed by atoms with van der Waals surface area (Å²) in [6.07, 6.45) is 4.77. The van der Waals surface area contributed by atoms with Crippen LogP contribution in [-0.2, 0) is 12.8 Å². The number of halogens is 2. The highest BCUT2D eigenvalue weighted by Crippen LogP contribution is 2.10. The number of rotatable bonds is 7. The number of guanidine groups is 1. The highest BCUT2D eigenvalue weighted by Gasteiger charge is 1.99. The van der Waals surface area contributed by atoms with Crippen molar-refractivity contribution in [3.63, 3.8) is 0 Å². The number of pyridine rings is 1. The lowest BCUT2D eigenvalue weighted by Crippen LogP contribution is -2.38. The summed E-state index contributed by atoms with van der Waals surface area (Å²) >= 11 is 5.89. The summed E-state index contributed by atoms with van der Waals surface area (Å²) in [5, 5.41) is 7.42. The Morgan fingerprint density at radius 1 is 1.04 bits per heavy atom. The summed E-state index contributed by atoms with van der Waals surface area (Å²) in [5.41, 5.74) is 2.38. The molecular weight excluding hydrogens is 435 g/mol. The Labute approximate surface area is 166 Å². The first-order valence-corrected chi connectivity index (χ1v) is 8.24. The van der Waals surface area contributed by atoms with Crippen LogP contribution in [0, 0.1) is 0 Å². The summed E-state index contributed by atoms with van der Waals surface area (Å²) in [5.74, 6) is 0.831. The second-order valence-electron chi connectivity index (χ2n) is 5.23. The first-order chi connectivity index (χ1) is 11.3. The van der Waals surface area contributed by atoms with Crippen LogP contribution in [0.15, 0.2) is 53.7 Å². The van der Waals surface area contributed by atoms with Crippen LogP contribution in [0.3, 0.4) is 0 Å². The molecule has 0 bridgehead atoms. The van der Waals surface area contributed by atoms with Crippen LogP contribution < -0.4 is 10.6 Å². The molecule has 24 heavy (non-hydrogen) atoms. The van der Waals surface area contributed by atoms with Crippen molar-refractivity contribution < 1.29 is 0 Å². The molecule has 0 fully saturated rings. The fourth-order valence-electron chi connectivity index (χ4n) is 2.23. The predicted molar refractivity (Wildman–Crippen MR) is 112 cm³/mol. The molecule has 6 heteroatoms. The van der Waals surface area contributed by atoms with Crippen LogP contribution in [0.2, 0.25) is 5.02 Å². The maximum absolute atomic E-state index is 5.89. The molecular formula is C18H24ClIN4. The largest absolute Gasteiger partial charge is 0.356 e. The van der Waals surface area contributed by atoms with Gasteiger partial charge in [0.1, 0.15) is 0 Å². The number of benzene rings is 1. The van der Waals surface area contributed by atoms with Crippen molar-refractivity contribution in [1.82, 2.24) is 15.6 Å². The highest BCUT2D eigenvalue weighted by atomic mass is 127. The minimum Gasteiger partial charge on any atom is -0.356 e. The highest BCUT2D eigenvalue weighted by molar-refractivity contribution is 14.0. The Hall–Kier alpha value is -1.34. The van der Waals surface area contributed by atoms with Gasteiger partial charge in [0.15, 0.2) is 5.96 Å². The van der Waals surface area contributed by atoms with E-state index < -0.39 is 0 Å². The Kier molecular flexibility index (Phi) is 10.4. The Bertz CT molecular complexity index is 602. The van der Waals surface area contributed by atoms with Crippen molar-refractivity contribution >= 4 is 41.5 Å². The number of nitrogens with one attached hydrogen (secondary N) is 2. The molecule has 0 aliphatic heterocycles. The van der Waals surface area contributed by atoms with Crippen LogP contribution in [0.25, 0.3) is 0 Å². The molecule has 0 atom stereocenters. The van der Waals surface area contributed by atoms with E-state index in [1.54, 1.807) is 7.05 Å². The summed E-state index contributed by atoms with van der Waals surface area (Å²) in [4.78, 5) is 8.54. The van der Waals surface area contributed by atoms with Gasteiger partial charge in [-0.15, -0.1) is 24.0 Å². The smallest absolute Gasteiger partial charge is 0.190 e. The number of aryl methyl sites for hydroxylation is 1. The lowest BCUT2D eigenvalue weighted by atomic mass is 10.1. The van der Waals surface area contributed by atoms with Crippen LogP contribution in [0.1, 0.15) is 17.7 Å². The third-order valence-electron chi connectivity index (χ3n) is 3.47. The number of hydrogen-bond donors (Lipinski definition) is 2. The van der Waals surface area contributed by atoms with Gasteiger partial charge in [-0.1, -0.05) is 29.8 Å². The molecule has 0 saturated carbocycles. The summed E-state index contributed by atoms with van der Waals surface area (Å²) in [6.45, 7) is 1.69. The number of nitrogens with zero attached hydrogens (tertiary/aromatic N) is 2. The molecule has 0 aliphatic carbocycles. The number of aliphatic imine (C=N–C) groups is 1. The Balaban J connectivity index is 0.00000288. The van der Waals surface area contributed by atoms with E-state index in [4.69, 9.17) is 11.6 Å². The van der Waals surface area contributed by atoms with E-state index in [1.165, 1.54) is 5.56 Å². The fourth-order valence-corrected chi connectivity index (χ4v) is 2.35. The van der Waals surface area contributed by atoms with E-state index >= 15 is 0 Å². The molecule has 4 nitrogen and oxygen atoms in total. The van der Waals surface area contributed by atoms with Gasteiger partial charge in [0, 0.05) is 43.5 Å². The summed E-state index contributed by atoms with van der Waals surface area (Å²) < 4.78 is 0. The lowest BCUT2D eigenvalue weighted by Gasteiger charge is -2.11. The van der Waals surface area contributed by atoms with Crippen molar-refractivity contribution in [3.8, 4) is 0 Å². The van der Waals surface area contributed by atoms with Gasteiger partial charge in [-0.25, -0.2) is 0 Å². The van der Waals surface area contributed by atoms with E-state index in [-0.39, 0.29) is 24.0 Å². The molecule has 2 aromatic rings. The molecule has 1 aromatic heterocycles. The topological polar surface area (TPSA) is 49.3 Å². The summed E-state index contributed by atoms with van der Waals surface area (Å²) in [6, 6.07) is 14.0. The minimum atomic E-state index is 0. The predicted octanol–water partition coefficient (Wildman–Crippen LogP) is 3.69.